The number of unbranched alkanes of at least 4 members (excludes halogenated alkanes) is 1. The van der Waals surface area contributed by atoms with Crippen LogP contribution in [0.2, 0.25) is 0 Å². The van der Waals surface area contributed by atoms with Crippen molar-refractivity contribution in [2.75, 3.05) is 6.61 Å². The lowest BCUT2D eigenvalue weighted by Crippen LogP contribution is -2.10. The number of hydrogen-bond acceptors (Lipinski definition) is 4. The number of hydrogen-bond donors (Lipinski definition) is 1. The third-order valence-corrected chi connectivity index (χ3v) is 2.93. The van der Waals surface area contributed by atoms with Crippen molar-refractivity contribution in [1.82, 2.24) is 15.0 Å². The molecule has 5 nitrogen and oxygen atoms in total. The van der Waals surface area contributed by atoms with E-state index in [-0.39, 0.29) is 0 Å². The second kappa shape index (κ2) is 6.89. The van der Waals surface area contributed by atoms with Gasteiger partial charge < -0.3 is 10.5 Å². The maximum absolute atomic E-state index is 5.69. The standard InChI is InChI=1S/C14H20N4O/c1-12-5-4-6-14(9-12)19-8-3-2-7-18-13(10-15)11-16-17-18/h4-6,9,11H,2-3,7-8,10,15H2,1H3. The average Bonchev–Trinajstić information content (AvgIpc) is 2.86. The van der Waals surface area contributed by atoms with E-state index in [0.29, 0.717) is 6.54 Å². The summed E-state index contributed by atoms with van der Waals surface area (Å²) in [5.41, 5.74) is 7.78. The summed E-state index contributed by atoms with van der Waals surface area (Å²) in [5, 5.41) is 7.85. The van der Waals surface area contributed by atoms with E-state index < -0.39 is 0 Å². The van der Waals surface area contributed by atoms with Crippen molar-refractivity contribution in [1.29, 1.82) is 0 Å². The third kappa shape index (κ3) is 4.06. The average molecular weight is 260 g/mol. The van der Waals surface area contributed by atoms with E-state index in [2.05, 4.69) is 23.3 Å². The highest BCUT2D eigenvalue weighted by molar-refractivity contribution is 5.27. The summed E-state index contributed by atoms with van der Waals surface area (Å²) < 4.78 is 7.55. The van der Waals surface area contributed by atoms with Crippen LogP contribution in [0.5, 0.6) is 5.75 Å². The quantitative estimate of drug-likeness (QED) is 0.772. The zero-order valence-electron chi connectivity index (χ0n) is 11.2. The van der Waals surface area contributed by atoms with Gasteiger partial charge in [0.05, 0.1) is 18.5 Å². The molecule has 0 unspecified atom stereocenters. The summed E-state index contributed by atoms with van der Waals surface area (Å²) in [6.07, 6.45) is 3.70. The summed E-state index contributed by atoms with van der Waals surface area (Å²) in [5.74, 6) is 0.934. The molecule has 0 saturated heterocycles. The van der Waals surface area contributed by atoms with Gasteiger partial charge in [-0.1, -0.05) is 17.3 Å². The van der Waals surface area contributed by atoms with Gasteiger partial charge in [-0.25, -0.2) is 4.68 Å². The number of rotatable bonds is 7. The molecule has 0 spiro atoms. The minimum atomic E-state index is 0.479. The third-order valence-electron chi connectivity index (χ3n) is 2.93. The Morgan fingerprint density at radius 2 is 2.21 bits per heavy atom. The Kier molecular flexibility index (Phi) is 4.92. The Hall–Kier alpha value is -1.88. The highest BCUT2D eigenvalue weighted by atomic mass is 16.5. The Bertz CT molecular complexity index is 510. The Labute approximate surface area is 113 Å². The van der Waals surface area contributed by atoms with Crippen molar-refractivity contribution >= 4 is 0 Å². The van der Waals surface area contributed by atoms with Crippen LogP contribution in [0.15, 0.2) is 30.5 Å². The maximum Gasteiger partial charge on any atom is 0.119 e. The van der Waals surface area contributed by atoms with E-state index in [1.807, 2.05) is 22.9 Å². The van der Waals surface area contributed by atoms with Crippen LogP contribution >= 0.6 is 0 Å². The molecule has 0 aliphatic rings. The first-order valence-electron chi connectivity index (χ1n) is 6.56. The Morgan fingerprint density at radius 3 is 3.00 bits per heavy atom. The number of benzene rings is 1. The number of aryl methyl sites for hydroxylation is 2. The number of nitrogens with zero attached hydrogens (tertiary/aromatic N) is 3. The lowest BCUT2D eigenvalue weighted by molar-refractivity contribution is 0.301. The molecule has 1 heterocycles. The van der Waals surface area contributed by atoms with Gasteiger partial charge in [0.2, 0.25) is 0 Å². The van der Waals surface area contributed by atoms with Crippen LogP contribution in [-0.2, 0) is 13.1 Å². The molecule has 0 saturated carbocycles. The first-order chi connectivity index (χ1) is 9.29. The first kappa shape index (κ1) is 13.5. The van der Waals surface area contributed by atoms with E-state index in [9.17, 15) is 0 Å². The van der Waals surface area contributed by atoms with Crippen LogP contribution in [0.4, 0.5) is 0 Å². The molecular weight excluding hydrogens is 240 g/mol. The highest BCUT2D eigenvalue weighted by Crippen LogP contribution is 2.12. The molecule has 0 atom stereocenters. The van der Waals surface area contributed by atoms with Gasteiger partial charge in [0.1, 0.15) is 5.75 Å². The molecule has 0 aliphatic carbocycles. The van der Waals surface area contributed by atoms with Crippen molar-refractivity contribution in [3.8, 4) is 5.75 Å². The summed E-state index contributed by atoms with van der Waals surface area (Å²) in [7, 11) is 0. The van der Waals surface area contributed by atoms with Crippen LogP contribution in [0.25, 0.3) is 0 Å². The molecule has 2 aromatic rings. The first-order valence-corrected chi connectivity index (χ1v) is 6.56. The molecule has 0 fully saturated rings. The van der Waals surface area contributed by atoms with E-state index in [0.717, 1.165) is 37.4 Å². The van der Waals surface area contributed by atoms with E-state index in [1.165, 1.54) is 5.56 Å². The van der Waals surface area contributed by atoms with Crippen LogP contribution in [0, 0.1) is 6.92 Å². The Morgan fingerprint density at radius 1 is 1.32 bits per heavy atom. The molecule has 1 aromatic heterocycles. The molecule has 0 bridgehead atoms. The van der Waals surface area contributed by atoms with Crippen LogP contribution < -0.4 is 10.5 Å². The van der Waals surface area contributed by atoms with Crippen molar-refractivity contribution < 1.29 is 4.74 Å². The lowest BCUT2D eigenvalue weighted by Gasteiger charge is -2.07. The van der Waals surface area contributed by atoms with Gasteiger partial charge >= 0.3 is 0 Å². The van der Waals surface area contributed by atoms with Gasteiger partial charge in [-0.2, -0.15) is 0 Å². The number of ether oxygens (including phenoxy) is 1. The molecule has 5 heteroatoms. The zero-order valence-corrected chi connectivity index (χ0v) is 11.2. The maximum atomic E-state index is 5.69. The fourth-order valence-corrected chi connectivity index (χ4v) is 1.88. The van der Waals surface area contributed by atoms with Crippen molar-refractivity contribution in [3.63, 3.8) is 0 Å². The fourth-order valence-electron chi connectivity index (χ4n) is 1.88. The largest absolute Gasteiger partial charge is 0.494 e. The summed E-state index contributed by atoms with van der Waals surface area (Å²) in [6.45, 7) is 4.10. The molecule has 102 valence electrons. The molecule has 1 aromatic carbocycles. The number of nitrogens with two attached hydrogens (primary N) is 1. The van der Waals surface area contributed by atoms with Crippen LogP contribution in [-0.4, -0.2) is 21.6 Å². The van der Waals surface area contributed by atoms with Gasteiger partial charge in [0.25, 0.3) is 0 Å². The van der Waals surface area contributed by atoms with Gasteiger partial charge in [-0.3, -0.25) is 0 Å². The smallest absolute Gasteiger partial charge is 0.119 e. The van der Waals surface area contributed by atoms with Crippen molar-refractivity contribution in [2.24, 2.45) is 5.73 Å². The zero-order chi connectivity index (χ0) is 13.5. The van der Waals surface area contributed by atoms with Crippen LogP contribution in [0.1, 0.15) is 24.1 Å². The predicted octanol–water partition coefficient (Wildman–Crippen LogP) is 1.90. The van der Waals surface area contributed by atoms with Crippen molar-refractivity contribution in [3.05, 3.63) is 41.7 Å². The van der Waals surface area contributed by atoms with E-state index in [4.69, 9.17) is 10.5 Å². The summed E-state index contributed by atoms with van der Waals surface area (Å²) >= 11 is 0. The van der Waals surface area contributed by atoms with Gasteiger partial charge in [0, 0.05) is 13.1 Å². The van der Waals surface area contributed by atoms with Gasteiger partial charge in [-0.15, -0.1) is 5.10 Å². The molecule has 0 aliphatic heterocycles. The minimum Gasteiger partial charge on any atom is -0.494 e. The monoisotopic (exact) mass is 260 g/mol. The Balaban J connectivity index is 1.67. The van der Waals surface area contributed by atoms with Crippen LogP contribution in [0.3, 0.4) is 0 Å². The van der Waals surface area contributed by atoms with Gasteiger partial charge in [-0.05, 0) is 37.5 Å². The summed E-state index contributed by atoms with van der Waals surface area (Å²) in [4.78, 5) is 0. The molecule has 0 radical (unpaired) electrons. The topological polar surface area (TPSA) is 66.0 Å². The van der Waals surface area contributed by atoms with E-state index >= 15 is 0 Å². The molecule has 19 heavy (non-hydrogen) atoms. The number of aromatic nitrogens is 3. The molecule has 0 amide bonds. The predicted molar refractivity (Wildman–Crippen MR) is 73.8 cm³/mol. The molecule has 2 N–H and O–H groups in total. The molecular formula is C14H20N4O. The van der Waals surface area contributed by atoms with Crippen molar-refractivity contribution in [2.45, 2.75) is 32.9 Å². The summed E-state index contributed by atoms with van der Waals surface area (Å²) in [6, 6.07) is 8.10. The second-order valence-corrected chi connectivity index (χ2v) is 4.52. The van der Waals surface area contributed by atoms with E-state index in [1.54, 1.807) is 6.20 Å². The normalized spacial score (nSPS) is 10.6. The fraction of sp³-hybridized carbons (Fsp3) is 0.429. The highest BCUT2D eigenvalue weighted by Gasteiger charge is 2.01. The second-order valence-electron chi connectivity index (χ2n) is 4.52. The lowest BCUT2D eigenvalue weighted by atomic mass is 10.2. The minimum absolute atomic E-state index is 0.479. The van der Waals surface area contributed by atoms with Gasteiger partial charge in [0.15, 0.2) is 0 Å². The SMILES string of the molecule is Cc1cccc(OCCCCn2nncc2CN)c1. The molecule has 2 rings (SSSR count).